The minimum atomic E-state index is -0.147. The number of anilines is 1. The first-order valence-electron chi connectivity index (χ1n) is 10.2. The number of hydrogen-bond donors (Lipinski definition) is 2. The molecule has 31 heavy (non-hydrogen) atoms. The molecular formula is C24H26ClN3O3. The van der Waals surface area contributed by atoms with Crippen LogP contribution in [0.2, 0.25) is 5.02 Å². The summed E-state index contributed by atoms with van der Waals surface area (Å²) >= 11 is 5.91. The molecule has 0 fully saturated rings. The fourth-order valence-corrected chi connectivity index (χ4v) is 3.08. The number of aromatic nitrogens is 1. The fraction of sp³-hybridized carbons (Fsp3) is 0.292. The number of rotatable bonds is 8. The predicted octanol–water partition coefficient (Wildman–Crippen LogP) is 5.26. The van der Waals surface area contributed by atoms with Gasteiger partial charge in [0.15, 0.2) is 11.7 Å². The third-order valence-electron chi connectivity index (χ3n) is 4.68. The van der Waals surface area contributed by atoms with E-state index in [-0.39, 0.29) is 18.2 Å². The van der Waals surface area contributed by atoms with Gasteiger partial charge < -0.3 is 15.1 Å². The summed E-state index contributed by atoms with van der Waals surface area (Å²) in [4.78, 5) is 28.8. The molecule has 0 saturated carbocycles. The molecule has 3 rings (SSSR count). The Hall–Kier alpha value is -3.12. The van der Waals surface area contributed by atoms with Gasteiger partial charge in [-0.3, -0.25) is 9.59 Å². The zero-order valence-electron chi connectivity index (χ0n) is 17.9. The Morgan fingerprint density at radius 1 is 1.13 bits per heavy atom. The van der Waals surface area contributed by atoms with Crippen molar-refractivity contribution in [3.63, 3.8) is 0 Å². The van der Waals surface area contributed by atoms with Gasteiger partial charge in [-0.1, -0.05) is 25.4 Å². The van der Waals surface area contributed by atoms with Gasteiger partial charge in [0, 0.05) is 41.2 Å². The second kappa shape index (κ2) is 10.3. The molecule has 162 valence electrons. The highest BCUT2D eigenvalue weighted by Gasteiger charge is 2.12. The summed E-state index contributed by atoms with van der Waals surface area (Å²) in [7, 11) is 0. The molecule has 0 radical (unpaired) electrons. The minimum Gasteiger partial charge on any atom is -0.441 e. The lowest BCUT2D eigenvalue weighted by molar-refractivity contribution is -0.116. The number of benzene rings is 2. The second-order valence-corrected chi connectivity index (χ2v) is 8.24. The van der Waals surface area contributed by atoms with E-state index in [1.54, 1.807) is 36.5 Å². The van der Waals surface area contributed by atoms with Crippen molar-refractivity contribution in [3.8, 4) is 11.3 Å². The maximum absolute atomic E-state index is 12.4. The van der Waals surface area contributed by atoms with Crippen LogP contribution in [0.3, 0.4) is 0 Å². The topological polar surface area (TPSA) is 84.2 Å². The van der Waals surface area contributed by atoms with Crippen molar-refractivity contribution in [3.05, 3.63) is 70.7 Å². The first kappa shape index (κ1) is 22.6. The maximum atomic E-state index is 12.4. The number of carbonyl (C=O) groups excluding carboxylic acids is 2. The average Bonchev–Trinajstić information content (AvgIpc) is 3.21. The van der Waals surface area contributed by atoms with Crippen molar-refractivity contribution in [1.82, 2.24) is 10.3 Å². The number of oxazole rings is 1. The number of aryl methyl sites for hydroxylation is 2. The molecule has 3 aromatic rings. The number of halogens is 1. The lowest BCUT2D eigenvalue weighted by Gasteiger charge is -2.11. The molecule has 6 nitrogen and oxygen atoms in total. The van der Waals surface area contributed by atoms with Crippen LogP contribution < -0.4 is 10.6 Å². The molecule has 0 aliphatic rings. The van der Waals surface area contributed by atoms with E-state index in [9.17, 15) is 9.59 Å². The lowest BCUT2D eigenvalue weighted by atomic mass is 10.1. The Morgan fingerprint density at radius 3 is 2.55 bits per heavy atom. The SMILES string of the molecule is Cc1cc(C(=O)NCC(C)C)ccc1NC(=O)CCc1ncc(-c2ccc(Cl)cc2)o1. The summed E-state index contributed by atoms with van der Waals surface area (Å²) in [5.41, 5.74) is 2.96. The van der Waals surface area contributed by atoms with Gasteiger partial charge in [0.1, 0.15) is 0 Å². The summed E-state index contributed by atoms with van der Waals surface area (Å²) in [6.45, 7) is 6.57. The van der Waals surface area contributed by atoms with E-state index in [4.69, 9.17) is 16.0 Å². The first-order chi connectivity index (χ1) is 14.8. The fourth-order valence-electron chi connectivity index (χ4n) is 2.95. The third kappa shape index (κ3) is 6.43. The summed E-state index contributed by atoms with van der Waals surface area (Å²) < 4.78 is 5.74. The highest BCUT2D eigenvalue weighted by Crippen LogP contribution is 2.23. The zero-order valence-corrected chi connectivity index (χ0v) is 18.6. The molecule has 2 aromatic carbocycles. The van der Waals surface area contributed by atoms with Crippen LogP contribution in [-0.2, 0) is 11.2 Å². The molecular weight excluding hydrogens is 414 g/mol. The molecule has 0 bridgehead atoms. The van der Waals surface area contributed by atoms with Gasteiger partial charge >= 0.3 is 0 Å². The van der Waals surface area contributed by atoms with Crippen LogP contribution in [0.15, 0.2) is 53.1 Å². The van der Waals surface area contributed by atoms with Crippen molar-refractivity contribution >= 4 is 29.1 Å². The molecule has 0 unspecified atom stereocenters. The Bertz CT molecular complexity index is 1060. The van der Waals surface area contributed by atoms with Crippen molar-refractivity contribution in [1.29, 1.82) is 0 Å². The van der Waals surface area contributed by atoms with Crippen LogP contribution in [0.5, 0.6) is 0 Å². The summed E-state index contributed by atoms with van der Waals surface area (Å²) in [6.07, 6.45) is 2.26. The monoisotopic (exact) mass is 439 g/mol. The van der Waals surface area contributed by atoms with Gasteiger partial charge in [-0.2, -0.15) is 0 Å². The lowest BCUT2D eigenvalue weighted by Crippen LogP contribution is -2.27. The summed E-state index contributed by atoms with van der Waals surface area (Å²) in [6, 6.07) is 12.5. The largest absolute Gasteiger partial charge is 0.441 e. The van der Waals surface area contributed by atoms with Gasteiger partial charge in [0.2, 0.25) is 5.91 Å². The summed E-state index contributed by atoms with van der Waals surface area (Å²) in [5, 5.41) is 6.43. The van der Waals surface area contributed by atoms with Crippen LogP contribution >= 0.6 is 11.6 Å². The van der Waals surface area contributed by atoms with Gasteiger partial charge in [-0.05, 0) is 60.9 Å². The number of amides is 2. The Morgan fingerprint density at radius 2 is 1.87 bits per heavy atom. The van der Waals surface area contributed by atoms with Crippen LogP contribution in [0.25, 0.3) is 11.3 Å². The van der Waals surface area contributed by atoms with Crippen molar-refractivity contribution in [2.45, 2.75) is 33.6 Å². The quantitative estimate of drug-likeness (QED) is 0.501. The number of nitrogens with one attached hydrogen (secondary N) is 2. The summed E-state index contributed by atoms with van der Waals surface area (Å²) in [5.74, 6) is 1.25. The first-order valence-corrected chi connectivity index (χ1v) is 10.6. The Balaban J connectivity index is 1.54. The molecule has 2 amide bonds. The standard InChI is InChI=1S/C24H26ClN3O3/c1-15(2)13-27-24(30)18-6-9-20(16(3)12-18)28-22(29)10-11-23-26-14-21(31-23)17-4-7-19(25)8-5-17/h4-9,12,14-15H,10-11,13H2,1-3H3,(H,27,30)(H,28,29). The number of carbonyl (C=O) groups is 2. The third-order valence-corrected chi connectivity index (χ3v) is 4.93. The van der Waals surface area contributed by atoms with Crippen molar-refractivity contribution in [2.75, 3.05) is 11.9 Å². The molecule has 0 atom stereocenters. The molecule has 0 aliphatic carbocycles. The van der Waals surface area contributed by atoms with E-state index in [0.717, 1.165) is 11.1 Å². The van der Waals surface area contributed by atoms with Gasteiger partial charge in [-0.25, -0.2) is 4.98 Å². The Labute approximate surface area is 187 Å². The van der Waals surface area contributed by atoms with E-state index < -0.39 is 0 Å². The normalized spacial score (nSPS) is 10.9. The smallest absolute Gasteiger partial charge is 0.251 e. The molecule has 0 saturated heterocycles. The van der Waals surface area contributed by atoms with Gasteiger partial charge in [0.25, 0.3) is 5.91 Å². The minimum absolute atomic E-state index is 0.116. The second-order valence-electron chi connectivity index (χ2n) is 7.81. The molecule has 0 aliphatic heterocycles. The Kier molecular flexibility index (Phi) is 7.47. The highest BCUT2D eigenvalue weighted by atomic mass is 35.5. The van der Waals surface area contributed by atoms with Crippen molar-refractivity contribution < 1.29 is 14.0 Å². The molecule has 1 heterocycles. The van der Waals surface area contributed by atoms with Gasteiger partial charge in [0.05, 0.1) is 6.20 Å². The van der Waals surface area contributed by atoms with Gasteiger partial charge in [-0.15, -0.1) is 0 Å². The van der Waals surface area contributed by atoms with Crippen molar-refractivity contribution in [2.24, 2.45) is 5.92 Å². The number of hydrogen-bond acceptors (Lipinski definition) is 4. The molecule has 2 N–H and O–H groups in total. The van der Waals surface area contributed by atoms with E-state index >= 15 is 0 Å². The van der Waals surface area contributed by atoms with E-state index in [2.05, 4.69) is 15.6 Å². The van der Waals surface area contributed by atoms with E-state index in [1.165, 1.54) is 0 Å². The maximum Gasteiger partial charge on any atom is 0.251 e. The van der Waals surface area contributed by atoms with Crippen LogP contribution in [0, 0.1) is 12.8 Å². The zero-order chi connectivity index (χ0) is 22.4. The van der Waals surface area contributed by atoms with E-state index in [1.807, 2.05) is 32.9 Å². The van der Waals surface area contributed by atoms with Crippen LogP contribution in [-0.4, -0.2) is 23.3 Å². The highest BCUT2D eigenvalue weighted by molar-refractivity contribution is 6.30. The molecule has 7 heteroatoms. The average molecular weight is 440 g/mol. The van der Waals surface area contributed by atoms with Crippen LogP contribution in [0.4, 0.5) is 5.69 Å². The van der Waals surface area contributed by atoms with Crippen LogP contribution in [0.1, 0.15) is 42.1 Å². The molecule has 0 spiro atoms. The van der Waals surface area contributed by atoms with E-state index in [0.29, 0.717) is 46.8 Å². The number of nitrogens with zero attached hydrogens (tertiary/aromatic N) is 1. The predicted molar refractivity (Wildman–Crippen MR) is 122 cm³/mol. The molecule has 1 aromatic heterocycles.